The first kappa shape index (κ1) is 17.6. The molecule has 2 amide bonds. The molecule has 0 saturated heterocycles. The van der Waals surface area contributed by atoms with Crippen LogP contribution in [0.15, 0.2) is 12.1 Å². The number of carbonyl (C=O) groups excluding carboxylic acids is 2. The minimum atomic E-state index is -1.19. The van der Waals surface area contributed by atoms with Gasteiger partial charge in [-0.2, -0.15) is 0 Å². The van der Waals surface area contributed by atoms with Gasteiger partial charge in [-0.15, -0.1) is 0 Å². The molecule has 5 nitrogen and oxygen atoms in total. The summed E-state index contributed by atoms with van der Waals surface area (Å²) in [4.78, 5) is 23.4. The van der Waals surface area contributed by atoms with E-state index in [0.717, 1.165) is 25.7 Å². The molecule has 2 rings (SSSR count). The average molecular weight is 347 g/mol. The first-order valence-corrected chi connectivity index (χ1v) is 7.68. The molecule has 3 N–H and O–H groups in total. The van der Waals surface area contributed by atoms with Gasteiger partial charge in [0.1, 0.15) is 0 Å². The molecular weight excluding hydrogens is 330 g/mol. The maximum absolute atomic E-state index is 13.1. The molecule has 0 radical (unpaired) electrons. The third-order valence-corrected chi connectivity index (χ3v) is 4.19. The van der Waals surface area contributed by atoms with Crippen LogP contribution in [0.5, 0.6) is 0 Å². The molecule has 1 fully saturated rings. The van der Waals surface area contributed by atoms with Crippen molar-refractivity contribution < 1.29 is 23.5 Å². The number of halogens is 3. The number of hydrogen-bond acceptors (Lipinski definition) is 3. The number of aliphatic hydroxyl groups is 1. The van der Waals surface area contributed by atoms with E-state index >= 15 is 0 Å². The Bertz CT molecular complexity index is 607. The fraction of sp³-hybridized carbons (Fsp3) is 0.467. The summed E-state index contributed by atoms with van der Waals surface area (Å²) in [5.74, 6) is -4.28. The summed E-state index contributed by atoms with van der Waals surface area (Å²) < 4.78 is 26.1. The number of rotatable bonds is 4. The molecule has 0 heterocycles. The van der Waals surface area contributed by atoms with Crippen LogP contribution in [0.4, 0.5) is 14.5 Å². The Morgan fingerprint density at radius 3 is 2.48 bits per heavy atom. The van der Waals surface area contributed by atoms with Gasteiger partial charge in [-0.3, -0.25) is 9.59 Å². The Hall–Kier alpha value is -1.73. The van der Waals surface area contributed by atoms with Gasteiger partial charge >= 0.3 is 11.8 Å². The van der Waals surface area contributed by atoms with Crippen LogP contribution in [0.2, 0.25) is 5.02 Å². The van der Waals surface area contributed by atoms with Crippen LogP contribution in [0.1, 0.15) is 25.7 Å². The molecule has 23 heavy (non-hydrogen) atoms. The van der Waals surface area contributed by atoms with Crippen molar-refractivity contribution in [3.63, 3.8) is 0 Å². The second kappa shape index (κ2) is 7.70. The van der Waals surface area contributed by atoms with Gasteiger partial charge < -0.3 is 15.7 Å². The highest BCUT2D eigenvalue weighted by atomic mass is 35.5. The largest absolute Gasteiger partial charge is 0.391 e. The van der Waals surface area contributed by atoms with Gasteiger partial charge in [-0.1, -0.05) is 24.4 Å². The van der Waals surface area contributed by atoms with E-state index < -0.39 is 29.6 Å². The van der Waals surface area contributed by atoms with Crippen molar-refractivity contribution in [2.45, 2.75) is 31.8 Å². The smallest absolute Gasteiger partial charge is 0.313 e. The molecule has 1 aliphatic rings. The predicted octanol–water partition coefficient (Wildman–Crippen LogP) is 2.22. The first-order valence-electron chi connectivity index (χ1n) is 7.30. The molecule has 126 valence electrons. The Balaban J connectivity index is 1.87. The normalized spacial score (nSPS) is 16.2. The average Bonchev–Trinajstić information content (AvgIpc) is 3.04. The Kier molecular flexibility index (Phi) is 5.90. The molecule has 0 aliphatic heterocycles. The standard InChI is InChI=1S/C15H17ClF2N2O3/c16-9-5-10(17)11(18)6-12(9)20-15(23)14(22)19-7-13(21)8-3-1-2-4-8/h5-6,8,13,21H,1-4,7H2,(H,19,22)(H,20,23). The Morgan fingerprint density at radius 1 is 1.22 bits per heavy atom. The number of amides is 2. The van der Waals surface area contributed by atoms with Gasteiger partial charge in [0.2, 0.25) is 0 Å². The van der Waals surface area contributed by atoms with Crippen molar-refractivity contribution in [2.75, 3.05) is 11.9 Å². The lowest BCUT2D eigenvalue weighted by molar-refractivity contribution is -0.136. The van der Waals surface area contributed by atoms with Crippen LogP contribution >= 0.6 is 11.6 Å². The topological polar surface area (TPSA) is 78.4 Å². The summed E-state index contributed by atoms with van der Waals surface area (Å²) in [6, 6.07) is 1.39. The Morgan fingerprint density at radius 2 is 1.83 bits per heavy atom. The quantitative estimate of drug-likeness (QED) is 0.578. The lowest BCUT2D eigenvalue weighted by Crippen LogP contribution is -2.41. The van der Waals surface area contributed by atoms with Crippen molar-refractivity contribution in [3.8, 4) is 0 Å². The number of nitrogens with one attached hydrogen (secondary N) is 2. The van der Waals surface area contributed by atoms with Gasteiger partial charge in [-0.05, 0) is 24.8 Å². The van der Waals surface area contributed by atoms with Gasteiger partial charge in [0.05, 0.1) is 16.8 Å². The number of hydrogen-bond donors (Lipinski definition) is 3. The number of benzene rings is 1. The van der Waals surface area contributed by atoms with Crippen molar-refractivity contribution >= 4 is 29.1 Å². The van der Waals surface area contributed by atoms with Gasteiger partial charge in [0, 0.05) is 12.6 Å². The van der Waals surface area contributed by atoms with E-state index in [-0.39, 0.29) is 23.2 Å². The van der Waals surface area contributed by atoms with E-state index in [4.69, 9.17) is 11.6 Å². The van der Waals surface area contributed by atoms with Crippen LogP contribution in [0, 0.1) is 17.6 Å². The molecule has 1 saturated carbocycles. The summed E-state index contributed by atoms with van der Waals surface area (Å²) in [6.45, 7) is -0.0393. The lowest BCUT2D eigenvalue weighted by atomic mass is 10.0. The van der Waals surface area contributed by atoms with Crippen LogP contribution < -0.4 is 10.6 Å². The maximum Gasteiger partial charge on any atom is 0.313 e. The van der Waals surface area contributed by atoms with E-state index in [9.17, 15) is 23.5 Å². The summed E-state index contributed by atoms with van der Waals surface area (Å²) >= 11 is 5.67. The second-order valence-electron chi connectivity index (χ2n) is 5.52. The zero-order chi connectivity index (χ0) is 17.0. The zero-order valence-electron chi connectivity index (χ0n) is 12.2. The Labute approximate surface area is 137 Å². The fourth-order valence-corrected chi connectivity index (χ4v) is 2.78. The number of anilines is 1. The maximum atomic E-state index is 13.1. The molecule has 0 spiro atoms. The van der Waals surface area contributed by atoms with Gasteiger partial charge in [0.25, 0.3) is 0 Å². The highest BCUT2D eigenvalue weighted by Gasteiger charge is 2.24. The predicted molar refractivity (Wildman–Crippen MR) is 81.0 cm³/mol. The van der Waals surface area contributed by atoms with Crippen molar-refractivity contribution in [2.24, 2.45) is 5.92 Å². The third kappa shape index (κ3) is 4.62. The van der Waals surface area contributed by atoms with E-state index in [1.165, 1.54) is 0 Å². The number of aliphatic hydroxyl groups excluding tert-OH is 1. The van der Waals surface area contributed by atoms with Gasteiger partial charge in [-0.25, -0.2) is 8.78 Å². The molecular formula is C15H17ClF2N2O3. The highest BCUT2D eigenvalue weighted by molar-refractivity contribution is 6.41. The molecule has 1 aliphatic carbocycles. The zero-order valence-corrected chi connectivity index (χ0v) is 13.0. The molecule has 1 atom stereocenters. The van der Waals surface area contributed by atoms with Crippen LogP contribution in [-0.2, 0) is 9.59 Å². The van der Waals surface area contributed by atoms with E-state index in [0.29, 0.717) is 12.1 Å². The van der Waals surface area contributed by atoms with Crippen LogP contribution in [0.25, 0.3) is 0 Å². The lowest BCUT2D eigenvalue weighted by Gasteiger charge is -2.17. The molecule has 0 aromatic heterocycles. The second-order valence-corrected chi connectivity index (χ2v) is 5.93. The minimum Gasteiger partial charge on any atom is -0.391 e. The molecule has 1 unspecified atom stereocenters. The monoisotopic (exact) mass is 346 g/mol. The molecule has 1 aromatic carbocycles. The highest BCUT2D eigenvalue weighted by Crippen LogP contribution is 2.27. The molecule has 8 heteroatoms. The van der Waals surface area contributed by atoms with E-state index in [1.807, 2.05) is 0 Å². The third-order valence-electron chi connectivity index (χ3n) is 3.88. The summed E-state index contributed by atoms with van der Waals surface area (Å²) in [7, 11) is 0. The SMILES string of the molecule is O=C(NCC(O)C1CCCC1)C(=O)Nc1cc(F)c(F)cc1Cl. The van der Waals surface area contributed by atoms with E-state index in [1.54, 1.807) is 0 Å². The van der Waals surface area contributed by atoms with Crippen LogP contribution in [0.3, 0.4) is 0 Å². The summed E-state index contributed by atoms with van der Waals surface area (Å²) in [5, 5.41) is 14.1. The van der Waals surface area contributed by atoms with Crippen molar-refractivity contribution in [1.82, 2.24) is 5.32 Å². The molecule has 1 aromatic rings. The first-order chi connectivity index (χ1) is 10.9. The summed E-state index contributed by atoms with van der Waals surface area (Å²) in [5.41, 5.74) is -0.206. The van der Waals surface area contributed by atoms with E-state index in [2.05, 4.69) is 10.6 Å². The fourth-order valence-electron chi connectivity index (χ4n) is 2.58. The van der Waals surface area contributed by atoms with Crippen LogP contribution in [-0.4, -0.2) is 29.6 Å². The van der Waals surface area contributed by atoms with Crippen molar-refractivity contribution in [1.29, 1.82) is 0 Å². The van der Waals surface area contributed by atoms with Gasteiger partial charge in [0.15, 0.2) is 11.6 Å². The summed E-state index contributed by atoms with van der Waals surface area (Å²) in [6.07, 6.45) is 3.18. The molecule has 0 bridgehead atoms. The number of carbonyl (C=O) groups is 2. The van der Waals surface area contributed by atoms with Crippen molar-refractivity contribution in [3.05, 3.63) is 28.8 Å². The minimum absolute atomic E-state index is 0.0393.